The van der Waals surface area contributed by atoms with E-state index in [1.807, 2.05) is 0 Å². The molecule has 0 amide bonds. The monoisotopic (exact) mass is 206 g/mol. The first-order valence-corrected chi connectivity index (χ1v) is 3.53. The molecular weight excluding hydrogens is 201 g/mol. The third kappa shape index (κ3) is 1.98. The minimum Gasteiger partial charge on any atom is -0.258 e. The number of alkyl halides is 3. The Morgan fingerprint density at radius 1 is 1.57 bits per heavy atom. The quantitative estimate of drug-likeness (QED) is 0.563. The lowest BCUT2D eigenvalue weighted by atomic mass is 10.2. The molecule has 0 atom stereocenters. The van der Waals surface area contributed by atoms with Crippen LogP contribution in [-0.4, -0.2) is 9.91 Å². The molecular formula is C7H5F3N2O2. The van der Waals surface area contributed by atoms with Crippen LogP contribution in [0.4, 0.5) is 18.9 Å². The maximum atomic E-state index is 12.2. The molecule has 76 valence electrons. The van der Waals surface area contributed by atoms with Gasteiger partial charge < -0.3 is 0 Å². The van der Waals surface area contributed by atoms with Crippen molar-refractivity contribution in [3.8, 4) is 0 Å². The highest BCUT2D eigenvalue weighted by atomic mass is 19.3. The van der Waals surface area contributed by atoms with Gasteiger partial charge in [-0.3, -0.25) is 10.1 Å². The average Bonchev–Trinajstić information content (AvgIpc) is 2.16. The molecule has 0 radical (unpaired) electrons. The van der Waals surface area contributed by atoms with Gasteiger partial charge in [0.1, 0.15) is 18.6 Å². The lowest BCUT2D eigenvalue weighted by molar-refractivity contribution is -0.385. The SMILES string of the molecule is O=[N+]([O-])c1cnc(C(F)F)c(CF)c1. The maximum absolute atomic E-state index is 12.2. The van der Waals surface area contributed by atoms with E-state index in [1.54, 1.807) is 0 Å². The van der Waals surface area contributed by atoms with Crippen LogP contribution in [0, 0.1) is 10.1 Å². The van der Waals surface area contributed by atoms with Crippen LogP contribution in [0.15, 0.2) is 12.3 Å². The number of aromatic nitrogens is 1. The van der Waals surface area contributed by atoms with Gasteiger partial charge in [0.05, 0.1) is 4.92 Å². The van der Waals surface area contributed by atoms with Gasteiger partial charge in [0, 0.05) is 11.6 Å². The summed E-state index contributed by atoms with van der Waals surface area (Å²) in [6.45, 7) is -1.20. The molecule has 0 N–H and O–H groups in total. The number of pyridine rings is 1. The van der Waals surface area contributed by atoms with Crippen molar-refractivity contribution in [1.29, 1.82) is 0 Å². The number of nitrogens with zero attached hydrogens (tertiary/aromatic N) is 2. The summed E-state index contributed by atoms with van der Waals surface area (Å²) in [6, 6.07) is 0.758. The molecule has 0 aliphatic carbocycles. The molecule has 1 heterocycles. The van der Waals surface area contributed by atoms with E-state index >= 15 is 0 Å². The molecule has 1 aromatic heterocycles. The van der Waals surface area contributed by atoms with Crippen molar-refractivity contribution >= 4 is 5.69 Å². The highest BCUT2D eigenvalue weighted by molar-refractivity contribution is 5.34. The second kappa shape index (κ2) is 4.03. The minimum atomic E-state index is -2.93. The first-order chi connectivity index (χ1) is 6.56. The first kappa shape index (κ1) is 10.4. The van der Waals surface area contributed by atoms with Crippen molar-refractivity contribution in [3.05, 3.63) is 33.6 Å². The van der Waals surface area contributed by atoms with Gasteiger partial charge in [0.15, 0.2) is 0 Å². The zero-order valence-corrected chi connectivity index (χ0v) is 6.78. The summed E-state index contributed by atoms with van der Waals surface area (Å²) >= 11 is 0. The first-order valence-electron chi connectivity index (χ1n) is 3.53. The summed E-state index contributed by atoms with van der Waals surface area (Å²) in [7, 11) is 0. The van der Waals surface area contributed by atoms with Gasteiger partial charge in [-0.05, 0) is 0 Å². The van der Waals surface area contributed by atoms with E-state index in [2.05, 4.69) is 4.98 Å². The van der Waals surface area contributed by atoms with E-state index in [1.165, 1.54) is 0 Å². The van der Waals surface area contributed by atoms with E-state index in [0.717, 1.165) is 6.07 Å². The molecule has 0 bridgehead atoms. The highest BCUT2D eigenvalue weighted by Gasteiger charge is 2.18. The van der Waals surface area contributed by atoms with Gasteiger partial charge in [-0.2, -0.15) is 0 Å². The van der Waals surface area contributed by atoms with Crippen molar-refractivity contribution in [2.75, 3.05) is 0 Å². The Balaban J connectivity index is 3.18. The van der Waals surface area contributed by atoms with E-state index in [4.69, 9.17) is 0 Å². The number of rotatable bonds is 3. The van der Waals surface area contributed by atoms with Gasteiger partial charge in [0.2, 0.25) is 0 Å². The van der Waals surface area contributed by atoms with Crippen molar-refractivity contribution in [2.45, 2.75) is 13.1 Å². The molecule has 0 aromatic carbocycles. The number of hydrogen-bond donors (Lipinski definition) is 0. The summed E-state index contributed by atoms with van der Waals surface area (Å²) in [4.78, 5) is 12.5. The van der Waals surface area contributed by atoms with Crippen LogP contribution in [0.25, 0.3) is 0 Å². The van der Waals surface area contributed by atoms with E-state index < -0.39 is 35.0 Å². The third-order valence-corrected chi connectivity index (χ3v) is 1.55. The summed E-state index contributed by atoms with van der Waals surface area (Å²) in [5, 5.41) is 10.2. The second-order valence-corrected chi connectivity index (χ2v) is 2.43. The Hall–Kier alpha value is -1.66. The standard InChI is InChI=1S/C7H5F3N2O2/c8-2-4-1-5(12(13)14)3-11-6(4)7(9)10/h1,3,7H,2H2. The number of halogens is 3. The van der Waals surface area contributed by atoms with Gasteiger partial charge in [-0.25, -0.2) is 18.2 Å². The fraction of sp³-hybridized carbons (Fsp3) is 0.286. The zero-order valence-electron chi connectivity index (χ0n) is 6.78. The molecule has 0 saturated heterocycles. The minimum absolute atomic E-state index is 0.450. The number of nitro groups is 1. The average molecular weight is 206 g/mol. The van der Waals surface area contributed by atoms with Crippen molar-refractivity contribution < 1.29 is 18.1 Å². The summed E-state index contributed by atoms with van der Waals surface area (Å²) < 4.78 is 36.5. The van der Waals surface area contributed by atoms with Crippen molar-refractivity contribution in [3.63, 3.8) is 0 Å². The Kier molecular flexibility index (Phi) is 3.00. The van der Waals surface area contributed by atoms with Crippen LogP contribution in [0.2, 0.25) is 0 Å². The summed E-state index contributed by atoms with van der Waals surface area (Å²) in [6.07, 6.45) is -2.25. The predicted octanol–water partition coefficient (Wildman–Crippen LogP) is 2.40. The fourth-order valence-electron chi connectivity index (χ4n) is 0.912. The second-order valence-electron chi connectivity index (χ2n) is 2.43. The molecule has 0 spiro atoms. The summed E-state index contributed by atoms with van der Waals surface area (Å²) in [5.74, 6) is 0. The molecule has 7 heteroatoms. The van der Waals surface area contributed by atoms with E-state index in [0.29, 0.717) is 6.20 Å². The van der Waals surface area contributed by atoms with Crippen LogP contribution < -0.4 is 0 Å². The smallest absolute Gasteiger partial charge is 0.258 e. The van der Waals surface area contributed by atoms with Gasteiger partial charge in [-0.15, -0.1) is 0 Å². The van der Waals surface area contributed by atoms with Crippen molar-refractivity contribution in [2.24, 2.45) is 0 Å². The Labute approximate surface area is 76.5 Å². The molecule has 0 fully saturated rings. The predicted molar refractivity (Wildman–Crippen MR) is 40.7 cm³/mol. The molecule has 1 rings (SSSR count). The number of hydrogen-bond acceptors (Lipinski definition) is 3. The van der Waals surface area contributed by atoms with Crippen LogP contribution >= 0.6 is 0 Å². The van der Waals surface area contributed by atoms with Crippen molar-refractivity contribution in [1.82, 2.24) is 4.98 Å². The topological polar surface area (TPSA) is 56.0 Å². The zero-order chi connectivity index (χ0) is 10.7. The Morgan fingerprint density at radius 3 is 2.64 bits per heavy atom. The Bertz CT molecular complexity index is 357. The fourth-order valence-corrected chi connectivity index (χ4v) is 0.912. The Morgan fingerprint density at radius 2 is 2.21 bits per heavy atom. The molecule has 1 aromatic rings. The van der Waals surface area contributed by atoms with Crippen LogP contribution in [0.1, 0.15) is 17.7 Å². The van der Waals surface area contributed by atoms with E-state index in [9.17, 15) is 23.3 Å². The molecule has 0 aliphatic rings. The molecule has 4 nitrogen and oxygen atoms in total. The van der Waals surface area contributed by atoms with Crippen LogP contribution in [0.5, 0.6) is 0 Å². The van der Waals surface area contributed by atoms with Gasteiger partial charge >= 0.3 is 0 Å². The van der Waals surface area contributed by atoms with Gasteiger partial charge in [-0.1, -0.05) is 0 Å². The third-order valence-electron chi connectivity index (χ3n) is 1.55. The van der Waals surface area contributed by atoms with E-state index in [-0.39, 0.29) is 0 Å². The molecule has 0 saturated carbocycles. The lowest BCUT2D eigenvalue weighted by Gasteiger charge is -2.03. The van der Waals surface area contributed by atoms with Gasteiger partial charge in [0.25, 0.3) is 12.1 Å². The maximum Gasteiger partial charge on any atom is 0.287 e. The molecule has 0 unspecified atom stereocenters. The molecule has 0 aliphatic heterocycles. The molecule has 14 heavy (non-hydrogen) atoms. The largest absolute Gasteiger partial charge is 0.287 e. The lowest BCUT2D eigenvalue weighted by Crippen LogP contribution is -1.99. The highest BCUT2D eigenvalue weighted by Crippen LogP contribution is 2.24. The summed E-state index contributed by atoms with van der Waals surface area (Å²) in [5.41, 5.74) is -1.70. The van der Waals surface area contributed by atoms with Crippen LogP contribution in [0.3, 0.4) is 0 Å². The normalized spacial score (nSPS) is 10.6. The van der Waals surface area contributed by atoms with Crippen LogP contribution in [-0.2, 0) is 6.67 Å².